The molecular formula is C12H18N3O3P. The molecule has 0 aliphatic rings. The van der Waals surface area contributed by atoms with Crippen LogP contribution in [0.25, 0.3) is 11.0 Å². The maximum Gasteiger partial charge on any atom is 0.332 e. The highest BCUT2D eigenvalue weighted by Crippen LogP contribution is 2.47. The average molecular weight is 283 g/mol. The predicted octanol–water partition coefficient (Wildman–Crippen LogP) is 2.70. The third-order valence-corrected chi connectivity index (χ3v) is 4.60. The second-order valence-electron chi connectivity index (χ2n) is 3.95. The molecule has 0 amide bonds. The summed E-state index contributed by atoms with van der Waals surface area (Å²) in [7, 11) is -3.03. The van der Waals surface area contributed by atoms with E-state index in [4.69, 9.17) is 9.05 Å². The largest absolute Gasteiger partial charge is 0.332 e. The summed E-state index contributed by atoms with van der Waals surface area (Å²) in [4.78, 5) is 1.54. The molecular weight excluding hydrogens is 265 g/mol. The van der Waals surface area contributed by atoms with Gasteiger partial charge in [-0.25, -0.2) is 0 Å². The Bertz CT molecular complexity index is 541. The Hall–Kier alpha value is -1.23. The Morgan fingerprint density at radius 2 is 1.63 bits per heavy atom. The van der Waals surface area contributed by atoms with Crippen LogP contribution in [0.1, 0.15) is 13.8 Å². The molecule has 1 aromatic heterocycles. The standard InChI is InChI=1S/C12H18N3O3P/c1-3-17-19(16,18-4-2)10-9-15-13-11-7-5-6-8-12(11)14-15/h5-8H,3-4,9-10H2,1-2H3. The summed E-state index contributed by atoms with van der Waals surface area (Å²) >= 11 is 0. The second-order valence-corrected chi connectivity index (χ2v) is 6.14. The minimum Gasteiger partial charge on any atom is -0.309 e. The molecule has 0 saturated carbocycles. The number of nitrogens with zero attached hydrogens (tertiary/aromatic N) is 3. The maximum absolute atomic E-state index is 12.3. The molecule has 2 aromatic rings. The molecule has 1 heterocycles. The fourth-order valence-electron chi connectivity index (χ4n) is 1.78. The first-order valence-electron chi connectivity index (χ1n) is 6.35. The maximum atomic E-state index is 12.3. The van der Waals surface area contributed by atoms with Crippen molar-refractivity contribution >= 4 is 18.6 Å². The van der Waals surface area contributed by atoms with Crippen molar-refractivity contribution in [3.63, 3.8) is 0 Å². The fraction of sp³-hybridized carbons (Fsp3) is 0.500. The first-order valence-corrected chi connectivity index (χ1v) is 8.07. The van der Waals surface area contributed by atoms with Gasteiger partial charge in [0.1, 0.15) is 11.0 Å². The van der Waals surface area contributed by atoms with Crippen LogP contribution in [0, 0.1) is 0 Å². The molecule has 19 heavy (non-hydrogen) atoms. The van der Waals surface area contributed by atoms with Crippen LogP contribution in [0.4, 0.5) is 0 Å². The Kier molecular flexibility index (Phi) is 4.69. The van der Waals surface area contributed by atoms with Crippen LogP contribution < -0.4 is 0 Å². The molecule has 6 nitrogen and oxygen atoms in total. The minimum atomic E-state index is -3.03. The second kappa shape index (κ2) is 6.28. The number of aromatic nitrogens is 3. The molecule has 0 unspecified atom stereocenters. The summed E-state index contributed by atoms with van der Waals surface area (Å²) in [5.41, 5.74) is 1.65. The van der Waals surface area contributed by atoms with Gasteiger partial charge in [0.15, 0.2) is 0 Å². The molecule has 0 radical (unpaired) electrons. The van der Waals surface area contributed by atoms with E-state index in [9.17, 15) is 4.57 Å². The first-order chi connectivity index (χ1) is 9.17. The zero-order valence-corrected chi connectivity index (χ0v) is 12.0. The Morgan fingerprint density at radius 1 is 1.11 bits per heavy atom. The third kappa shape index (κ3) is 3.62. The van der Waals surface area contributed by atoms with Crippen molar-refractivity contribution < 1.29 is 13.6 Å². The summed E-state index contributed by atoms with van der Waals surface area (Å²) < 4.78 is 22.7. The van der Waals surface area contributed by atoms with E-state index in [-0.39, 0.29) is 6.16 Å². The Morgan fingerprint density at radius 3 is 2.11 bits per heavy atom. The van der Waals surface area contributed by atoms with Crippen molar-refractivity contribution in [3.05, 3.63) is 24.3 Å². The summed E-state index contributed by atoms with van der Waals surface area (Å²) in [6.45, 7) is 4.74. The van der Waals surface area contributed by atoms with E-state index < -0.39 is 7.60 Å². The van der Waals surface area contributed by atoms with Crippen LogP contribution in [-0.2, 0) is 20.2 Å². The topological polar surface area (TPSA) is 66.2 Å². The van der Waals surface area contributed by atoms with Crippen LogP contribution in [-0.4, -0.2) is 34.4 Å². The predicted molar refractivity (Wildman–Crippen MR) is 73.3 cm³/mol. The van der Waals surface area contributed by atoms with E-state index in [1.54, 1.807) is 13.8 Å². The number of hydrogen-bond acceptors (Lipinski definition) is 5. The number of hydrogen-bond donors (Lipinski definition) is 0. The molecule has 7 heteroatoms. The summed E-state index contributed by atoms with van der Waals surface area (Å²) in [5.74, 6) is 0. The first kappa shape index (κ1) is 14.2. The van der Waals surface area contributed by atoms with E-state index in [2.05, 4.69) is 10.2 Å². The van der Waals surface area contributed by atoms with Gasteiger partial charge in [-0.1, -0.05) is 12.1 Å². The van der Waals surface area contributed by atoms with Gasteiger partial charge in [-0.2, -0.15) is 15.0 Å². The lowest BCUT2D eigenvalue weighted by molar-refractivity contribution is 0.218. The van der Waals surface area contributed by atoms with Crippen molar-refractivity contribution in [3.8, 4) is 0 Å². The van der Waals surface area contributed by atoms with Gasteiger partial charge in [0.05, 0.1) is 25.9 Å². The van der Waals surface area contributed by atoms with Gasteiger partial charge in [-0.3, -0.25) is 4.57 Å². The highest BCUT2D eigenvalue weighted by atomic mass is 31.2. The van der Waals surface area contributed by atoms with Crippen LogP contribution in [0.2, 0.25) is 0 Å². The van der Waals surface area contributed by atoms with Gasteiger partial charge in [0.2, 0.25) is 0 Å². The van der Waals surface area contributed by atoms with Crippen LogP contribution in [0.15, 0.2) is 24.3 Å². The highest BCUT2D eigenvalue weighted by Gasteiger charge is 2.23. The molecule has 0 fully saturated rings. The van der Waals surface area contributed by atoms with E-state index in [0.29, 0.717) is 19.8 Å². The molecule has 0 atom stereocenters. The van der Waals surface area contributed by atoms with E-state index in [0.717, 1.165) is 11.0 Å². The third-order valence-electron chi connectivity index (χ3n) is 2.55. The molecule has 104 valence electrons. The van der Waals surface area contributed by atoms with Gasteiger partial charge in [-0.05, 0) is 26.0 Å². The molecule has 0 N–H and O–H groups in total. The molecule has 0 saturated heterocycles. The smallest absolute Gasteiger partial charge is 0.309 e. The summed E-state index contributed by atoms with van der Waals surface area (Å²) in [5, 5.41) is 8.62. The van der Waals surface area contributed by atoms with Crippen molar-refractivity contribution in [2.24, 2.45) is 0 Å². The van der Waals surface area contributed by atoms with Gasteiger partial charge in [-0.15, -0.1) is 0 Å². The Labute approximate surface area is 112 Å². The fourth-order valence-corrected chi connectivity index (χ4v) is 3.32. The van der Waals surface area contributed by atoms with Crippen molar-refractivity contribution in [2.75, 3.05) is 19.4 Å². The van der Waals surface area contributed by atoms with Crippen molar-refractivity contribution in [2.45, 2.75) is 20.4 Å². The molecule has 0 bridgehead atoms. The van der Waals surface area contributed by atoms with Gasteiger partial charge in [0, 0.05) is 0 Å². The molecule has 0 aliphatic heterocycles. The van der Waals surface area contributed by atoms with E-state index >= 15 is 0 Å². The number of fused-ring (bicyclic) bond motifs is 1. The summed E-state index contributed by atoms with van der Waals surface area (Å²) in [6.07, 6.45) is 0.273. The van der Waals surface area contributed by atoms with E-state index in [1.165, 1.54) is 4.80 Å². The van der Waals surface area contributed by atoms with Crippen LogP contribution in [0.5, 0.6) is 0 Å². The summed E-state index contributed by atoms with van der Waals surface area (Å²) in [6, 6.07) is 7.60. The number of aryl methyl sites for hydroxylation is 1. The lowest BCUT2D eigenvalue weighted by atomic mass is 10.3. The number of rotatable bonds is 7. The van der Waals surface area contributed by atoms with Gasteiger partial charge >= 0.3 is 7.60 Å². The number of benzene rings is 1. The SMILES string of the molecule is CCOP(=O)(CCn1nc2ccccc2n1)OCC. The van der Waals surface area contributed by atoms with Gasteiger partial charge in [0.25, 0.3) is 0 Å². The van der Waals surface area contributed by atoms with Crippen molar-refractivity contribution in [1.82, 2.24) is 15.0 Å². The highest BCUT2D eigenvalue weighted by molar-refractivity contribution is 7.53. The zero-order chi connectivity index (χ0) is 13.7. The molecule has 2 rings (SSSR count). The molecule has 1 aromatic carbocycles. The van der Waals surface area contributed by atoms with Gasteiger partial charge < -0.3 is 9.05 Å². The lowest BCUT2D eigenvalue weighted by Gasteiger charge is -2.16. The van der Waals surface area contributed by atoms with Crippen molar-refractivity contribution in [1.29, 1.82) is 0 Å². The monoisotopic (exact) mass is 283 g/mol. The zero-order valence-electron chi connectivity index (χ0n) is 11.2. The molecule has 0 aliphatic carbocycles. The Balaban J connectivity index is 2.06. The molecule has 0 spiro atoms. The van der Waals surface area contributed by atoms with E-state index in [1.807, 2.05) is 24.3 Å². The van der Waals surface area contributed by atoms with Crippen LogP contribution >= 0.6 is 7.60 Å². The average Bonchev–Trinajstić information content (AvgIpc) is 2.80. The quantitative estimate of drug-likeness (QED) is 0.731. The lowest BCUT2D eigenvalue weighted by Crippen LogP contribution is -2.09. The van der Waals surface area contributed by atoms with Crippen LogP contribution in [0.3, 0.4) is 0 Å². The minimum absolute atomic E-state index is 0.273. The normalized spacial score (nSPS) is 12.1.